The van der Waals surface area contributed by atoms with Crippen LogP contribution in [0.3, 0.4) is 0 Å². The summed E-state index contributed by atoms with van der Waals surface area (Å²) in [6.45, 7) is 5.73. The van der Waals surface area contributed by atoms with Gasteiger partial charge in [0.15, 0.2) is 5.96 Å². The average molecular weight is 516 g/mol. The fourth-order valence-electron chi connectivity index (χ4n) is 3.79. The van der Waals surface area contributed by atoms with Crippen LogP contribution in [0.4, 0.5) is 0 Å². The minimum Gasteiger partial charge on any atom is -0.357 e. The summed E-state index contributed by atoms with van der Waals surface area (Å²) in [6.07, 6.45) is 9.64. The summed E-state index contributed by atoms with van der Waals surface area (Å²) in [6, 6.07) is 14.9. The van der Waals surface area contributed by atoms with Crippen LogP contribution in [0.1, 0.15) is 24.5 Å². The molecule has 1 atom stereocenters. The third kappa shape index (κ3) is 5.81. The molecule has 3 heterocycles. The van der Waals surface area contributed by atoms with E-state index in [1.165, 1.54) is 12.0 Å². The fraction of sp³-hybridized carbons (Fsp3) is 0.348. The Kier molecular flexibility index (Phi) is 8.24. The highest BCUT2D eigenvalue weighted by Gasteiger charge is 2.24. The molecule has 4 rings (SSSR count). The zero-order valence-corrected chi connectivity index (χ0v) is 19.6. The second-order valence-electron chi connectivity index (χ2n) is 7.46. The van der Waals surface area contributed by atoms with Crippen LogP contribution in [0, 0.1) is 5.92 Å². The maximum absolute atomic E-state index is 4.87. The molecule has 0 radical (unpaired) electrons. The summed E-state index contributed by atoms with van der Waals surface area (Å²) in [5.74, 6) is 2.55. The molecule has 1 aliphatic rings. The van der Waals surface area contributed by atoms with Crippen molar-refractivity contribution in [2.75, 3.05) is 19.6 Å². The first-order valence-corrected chi connectivity index (χ1v) is 10.3. The molecule has 158 valence electrons. The zero-order chi connectivity index (χ0) is 19.9. The highest BCUT2D eigenvalue weighted by atomic mass is 127. The van der Waals surface area contributed by atoms with Crippen LogP contribution in [0.5, 0.6) is 0 Å². The number of benzene rings is 1. The van der Waals surface area contributed by atoms with Crippen LogP contribution in [0.25, 0.3) is 5.82 Å². The topological polar surface area (TPSA) is 58.3 Å². The van der Waals surface area contributed by atoms with Gasteiger partial charge in [-0.3, -0.25) is 4.57 Å². The molecule has 1 aromatic carbocycles. The predicted molar refractivity (Wildman–Crippen MR) is 131 cm³/mol. The number of pyridine rings is 1. The van der Waals surface area contributed by atoms with Crippen LogP contribution in [0.15, 0.2) is 72.4 Å². The first-order chi connectivity index (χ1) is 14.3. The number of aromatic nitrogens is 3. The normalized spacial score (nSPS) is 16.4. The standard InChI is InChI=1S/C23H28N6.HI/c1-2-25-23(28-12-10-20(17-28)14-19-6-4-3-5-7-19)27-16-21-8-9-22(26-15-21)29-13-11-24-18-29;/h3-9,11,13,15,18,20H,2,10,12,14,16-17H2,1H3,(H,25,27);1H. The van der Waals surface area contributed by atoms with Gasteiger partial charge in [-0.1, -0.05) is 36.4 Å². The van der Waals surface area contributed by atoms with Gasteiger partial charge in [0.25, 0.3) is 0 Å². The van der Waals surface area contributed by atoms with Gasteiger partial charge in [0, 0.05) is 38.2 Å². The van der Waals surface area contributed by atoms with E-state index in [9.17, 15) is 0 Å². The first kappa shape index (κ1) is 22.3. The number of guanidine groups is 1. The SMILES string of the molecule is CCNC(=NCc1ccc(-n2ccnc2)nc1)N1CCC(Cc2ccccc2)C1.I. The number of imidazole rings is 1. The highest BCUT2D eigenvalue weighted by molar-refractivity contribution is 14.0. The fourth-order valence-corrected chi connectivity index (χ4v) is 3.79. The van der Waals surface area contributed by atoms with Gasteiger partial charge in [0.2, 0.25) is 0 Å². The average Bonchev–Trinajstić information content (AvgIpc) is 3.45. The largest absolute Gasteiger partial charge is 0.357 e. The van der Waals surface area contributed by atoms with E-state index in [2.05, 4.69) is 63.5 Å². The molecule has 0 aliphatic carbocycles. The predicted octanol–water partition coefficient (Wildman–Crippen LogP) is 3.92. The third-order valence-corrected chi connectivity index (χ3v) is 5.28. The first-order valence-electron chi connectivity index (χ1n) is 10.3. The number of hydrogen-bond acceptors (Lipinski definition) is 3. The van der Waals surface area contributed by atoms with Crippen molar-refractivity contribution < 1.29 is 0 Å². The van der Waals surface area contributed by atoms with Crippen molar-refractivity contribution in [3.05, 3.63) is 78.5 Å². The summed E-state index contributed by atoms with van der Waals surface area (Å²) in [5.41, 5.74) is 2.52. The number of nitrogens with one attached hydrogen (secondary N) is 1. The van der Waals surface area contributed by atoms with Gasteiger partial charge in [0.1, 0.15) is 12.1 Å². The number of halogens is 1. The molecule has 30 heavy (non-hydrogen) atoms. The van der Waals surface area contributed by atoms with Crippen LogP contribution < -0.4 is 5.32 Å². The second kappa shape index (κ2) is 11.1. The Hall–Kier alpha value is -2.42. The quantitative estimate of drug-likeness (QED) is 0.307. The van der Waals surface area contributed by atoms with Crippen molar-refractivity contribution in [1.82, 2.24) is 24.8 Å². The van der Waals surface area contributed by atoms with Crippen molar-refractivity contribution in [3.8, 4) is 5.82 Å². The molecule has 1 N–H and O–H groups in total. The minimum absolute atomic E-state index is 0. The Labute approximate surface area is 195 Å². The number of hydrogen-bond donors (Lipinski definition) is 1. The summed E-state index contributed by atoms with van der Waals surface area (Å²) < 4.78 is 1.90. The minimum atomic E-state index is 0. The molecular weight excluding hydrogens is 487 g/mol. The lowest BCUT2D eigenvalue weighted by atomic mass is 9.99. The lowest BCUT2D eigenvalue weighted by molar-refractivity contribution is 0.460. The molecule has 0 spiro atoms. The van der Waals surface area contributed by atoms with Crippen molar-refractivity contribution >= 4 is 29.9 Å². The van der Waals surface area contributed by atoms with Gasteiger partial charge in [0.05, 0.1) is 6.54 Å². The van der Waals surface area contributed by atoms with Crippen LogP contribution in [0.2, 0.25) is 0 Å². The highest BCUT2D eigenvalue weighted by Crippen LogP contribution is 2.21. The molecule has 0 amide bonds. The van der Waals surface area contributed by atoms with E-state index >= 15 is 0 Å². The van der Waals surface area contributed by atoms with E-state index in [4.69, 9.17) is 4.99 Å². The Morgan fingerprint density at radius 1 is 1.17 bits per heavy atom. The van der Waals surface area contributed by atoms with E-state index in [0.717, 1.165) is 43.4 Å². The number of nitrogens with zero attached hydrogens (tertiary/aromatic N) is 5. The maximum Gasteiger partial charge on any atom is 0.194 e. The molecule has 1 saturated heterocycles. The number of rotatable bonds is 6. The molecule has 1 unspecified atom stereocenters. The molecule has 1 fully saturated rings. The monoisotopic (exact) mass is 516 g/mol. The molecule has 6 nitrogen and oxygen atoms in total. The van der Waals surface area contributed by atoms with Gasteiger partial charge >= 0.3 is 0 Å². The van der Waals surface area contributed by atoms with E-state index < -0.39 is 0 Å². The lowest BCUT2D eigenvalue weighted by Crippen LogP contribution is -2.40. The molecule has 1 aliphatic heterocycles. The smallest absolute Gasteiger partial charge is 0.194 e. The Balaban J connectivity index is 0.00000256. The van der Waals surface area contributed by atoms with E-state index in [1.807, 2.05) is 23.0 Å². The summed E-state index contributed by atoms with van der Waals surface area (Å²) in [7, 11) is 0. The van der Waals surface area contributed by atoms with Gasteiger partial charge in [-0.25, -0.2) is 15.0 Å². The second-order valence-corrected chi connectivity index (χ2v) is 7.46. The molecular formula is C23H29IN6. The summed E-state index contributed by atoms with van der Waals surface area (Å²) in [5, 5.41) is 3.46. The molecule has 0 bridgehead atoms. The molecule has 2 aromatic heterocycles. The van der Waals surface area contributed by atoms with Crippen LogP contribution >= 0.6 is 24.0 Å². The van der Waals surface area contributed by atoms with Crippen LogP contribution in [-0.2, 0) is 13.0 Å². The Bertz CT molecular complexity index is 909. The van der Waals surface area contributed by atoms with Gasteiger partial charge in [-0.05, 0) is 42.9 Å². The van der Waals surface area contributed by atoms with E-state index in [-0.39, 0.29) is 24.0 Å². The zero-order valence-electron chi connectivity index (χ0n) is 17.3. The van der Waals surface area contributed by atoms with Crippen LogP contribution in [-0.4, -0.2) is 45.0 Å². The molecule has 3 aromatic rings. The Morgan fingerprint density at radius 3 is 2.73 bits per heavy atom. The number of aliphatic imine (C=N–C) groups is 1. The van der Waals surface area contributed by atoms with Crippen molar-refractivity contribution in [1.29, 1.82) is 0 Å². The van der Waals surface area contributed by atoms with Crippen molar-refractivity contribution in [3.63, 3.8) is 0 Å². The summed E-state index contributed by atoms with van der Waals surface area (Å²) in [4.78, 5) is 15.9. The van der Waals surface area contributed by atoms with Crippen molar-refractivity contribution in [2.45, 2.75) is 26.3 Å². The van der Waals surface area contributed by atoms with Gasteiger partial charge in [-0.15, -0.1) is 24.0 Å². The van der Waals surface area contributed by atoms with Gasteiger partial charge in [-0.2, -0.15) is 0 Å². The maximum atomic E-state index is 4.87. The van der Waals surface area contributed by atoms with E-state index in [0.29, 0.717) is 12.5 Å². The van der Waals surface area contributed by atoms with Gasteiger partial charge < -0.3 is 10.2 Å². The third-order valence-electron chi connectivity index (χ3n) is 5.28. The summed E-state index contributed by atoms with van der Waals surface area (Å²) >= 11 is 0. The van der Waals surface area contributed by atoms with Crippen molar-refractivity contribution in [2.24, 2.45) is 10.9 Å². The number of likely N-dealkylation sites (tertiary alicyclic amines) is 1. The molecule has 0 saturated carbocycles. The Morgan fingerprint density at radius 2 is 2.03 bits per heavy atom. The molecule has 7 heteroatoms. The van der Waals surface area contributed by atoms with E-state index in [1.54, 1.807) is 12.5 Å². The lowest BCUT2D eigenvalue weighted by Gasteiger charge is -2.21.